The second kappa shape index (κ2) is 6.93. The molecule has 2 aliphatic rings. The molecule has 116 valence electrons. The molecule has 21 heavy (non-hydrogen) atoms. The van der Waals surface area contributed by atoms with E-state index in [1.165, 1.54) is 30.6 Å². The van der Waals surface area contributed by atoms with Crippen LogP contribution in [0.25, 0.3) is 0 Å². The zero-order valence-corrected chi connectivity index (χ0v) is 13.4. The number of carbonyl (C=O) groups is 1. The van der Waals surface area contributed by atoms with Gasteiger partial charge in [0, 0.05) is 10.8 Å². The van der Waals surface area contributed by atoms with E-state index in [4.69, 9.17) is 5.73 Å². The first-order valence-electron chi connectivity index (χ1n) is 8.33. The van der Waals surface area contributed by atoms with Gasteiger partial charge in [-0.05, 0) is 55.5 Å². The third-order valence-corrected chi connectivity index (χ3v) is 6.27. The molecule has 3 nitrogen and oxygen atoms in total. The lowest BCUT2D eigenvalue weighted by atomic mass is 9.92. The maximum absolute atomic E-state index is 12.7. The largest absolute Gasteiger partial charge is 0.348 e. The average Bonchev–Trinajstić information content (AvgIpc) is 3.26. The highest BCUT2D eigenvalue weighted by atomic mass is 32.1. The molecule has 1 aromatic heterocycles. The Hall–Kier alpha value is -0.870. The van der Waals surface area contributed by atoms with Gasteiger partial charge in [0.15, 0.2) is 0 Å². The number of nitrogens with two attached hydrogens (primary N) is 1. The van der Waals surface area contributed by atoms with Gasteiger partial charge >= 0.3 is 0 Å². The molecule has 3 atom stereocenters. The molecule has 0 aliphatic heterocycles. The van der Waals surface area contributed by atoms with Gasteiger partial charge in [-0.2, -0.15) is 0 Å². The lowest BCUT2D eigenvalue weighted by molar-refractivity contribution is -0.127. The summed E-state index contributed by atoms with van der Waals surface area (Å²) in [5.74, 6) is 1.38. The van der Waals surface area contributed by atoms with Crippen LogP contribution in [-0.4, -0.2) is 12.5 Å². The van der Waals surface area contributed by atoms with E-state index in [1.807, 2.05) is 0 Å². The van der Waals surface area contributed by atoms with Crippen LogP contribution in [0, 0.1) is 17.8 Å². The van der Waals surface area contributed by atoms with Crippen molar-refractivity contribution in [3.05, 3.63) is 22.4 Å². The minimum Gasteiger partial charge on any atom is -0.348 e. The number of thiophene rings is 1. The fourth-order valence-electron chi connectivity index (χ4n) is 4.10. The molecule has 2 fully saturated rings. The average molecular weight is 306 g/mol. The molecule has 0 saturated heterocycles. The second-order valence-corrected chi connectivity index (χ2v) is 7.56. The summed E-state index contributed by atoms with van der Waals surface area (Å²) in [6.45, 7) is 0.644. The number of nitrogens with one attached hydrogen (secondary N) is 1. The second-order valence-electron chi connectivity index (χ2n) is 6.58. The van der Waals surface area contributed by atoms with Crippen molar-refractivity contribution in [1.29, 1.82) is 0 Å². The number of carbonyl (C=O) groups excluding carboxylic acids is 1. The smallest absolute Gasteiger partial charge is 0.223 e. The monoisotopic (exact) mass is 306 g/mol. The summed E-state index contributed by atoms with van der Waals surface area (Å²) in [7, 11) is 0. The van der Waals surface area contributed by atoms with Gasteiger partial charge in [0.1, 0.15) is 0 Å². The topological polar surface area (TPSA) is 55.1 Å². The number of hydrogen-bond donors (Lipinski definition) is 2. The van der Waals surface area contributed by atoms with E-state index in [2.05, 4.69) is 22.8 Å². The summed E-state index contributed by atoms with van der Waals surface area (Å²) < 4.78 is 0. The van der Waals surface area contributed by atoms with Crippen molar-refractivity contribution < 1.29 is 4.79 Å². The van der Waals surface area contributed by atoms with Crippen molar-refractivity contribution in [3.8, 4) is 0 Å². The van der Waals surface area contributed by atoms with Crippen LogP contribution in [0.3, 0.4) is 0 Å². The van der Waals surface area contributed by atoms with Crippen LogP contribution < -0.4 is 11.1 Å². The van der Waals surface area contributed by atoms with Crippen molar-refractivity contribution in [1.82, 2.24) is 5.32 Å². The number of rotatable bonds is 5. The van der Waals surface area contributed by atoms with Crippen molar-refractivity contribution in [3.63, 3.8) is 0 Å². The van der Waals surface area contributed by atoms with Crippen LogP contribution in [0.15, 0.2) is 17.5 Å². The summed E-state index contributed by atoms with van der Waals surface area (Å²) in [6, 6.07) is 4.48. The Labute approximate surface area is 131 Å². The zero-order chi connectivity index (χ0) is 14.7. The Morgan fingerprint density at radius 2 is 2.10 bits per heavy atom. The molecule has 2 aliphatic carbocycles. The van der Waals surface area contributed by atoms with E-state index in [1.54, 1.807) is 11.3 Å². The molecule has 3 unspecified atom stereocenters. The first kappa shape index (κ1) is 15.0. The molecule has 1 heterocycles. The standard InChI is InChI=1S/C17H26N2OS/c18-11-13-7-3-8-14(13)17(20)19-16(12-5-1-2-6-12)15-9-4-10-21-15/h4,9-10,12-14,16H,1-3,5-8,11,18H2,(H,19,20). The van der Waals surface area contributed by atoms with Crippen LogP contribution in [0.1, 0.15) is 55.9 Å². The van der Waals surface area contributed by atoms with Crippen LogP contribution in [0.2, 0.25) is 0 Å². The zero-order valence-electron chi connectivity index (χ0n) is 12.6. The summed E-state index contributed by atoms with van der Waals surface area (Å²) in [4.78, 5) is 14.0. The molecule has 0 radical (unpaired) electrons. The van der Waals surface area contributed by atoms with Gasteiger partial charge in [-0.25, -0.2) is 0 Å². The maximum atomic E-state index is 12.7. The quantitative estimate of drug-likeness (QED) is 0.875. The Bertz CT molecular complexity index is 453. The number of hydrogen-bond acceptors (Lipinski definition) is 3. The van der Waals surface area contributed by atoms with Gasteiger partial charge in [-0.1, -0.05) is 25.3 Å². The van der Waals surface area contributed by atoms with Crippen molar-refractivity contribution in [2.75, 3.05) is 6.54 Å². The van der Waals surface area contributed by atoms with Gasteiger partial charge in [0.05, 0.1) is 6.04 Å². The molecule has 0 aromatic carbocycles. The van der Waals surface area contributed by atoms with E-state index in [-0.39, 0.29) is 17.9 Å². The predicted octanol–water partition coefficient (Wildman–Crippen LogP) is 3.47. The highest BCUT2D eigenvalue weighted by Crippen LogP contribution is 2.38. The van der Waals surface area contributed by atoms with E-state index >= 15 is 0 Å². The first-order chi connectivity index (χ1) is 10.3. The van der Waals surface area contributed by atoms with Crippen LogP contribution in [-0.2, 0) is 4.79 Å². The van der Waals surface area contributed by atoms with Gasteiger partial charge in [-0.15, -0.1) is 11.3 Å². The van der Waals surface area contributed by atoms with Gasteiger partial charge in [0.25, 0.3) is 0 Å². The number of amides is 1. The lowest BCUT2D eigenvalue weighted by Gasteiger charge is -2.27. The van der Waals surface area contributed by atoms with Crippen molar-refractivity contribution in [2.24, 2.45) is 23.5 Å². The summed E-state index contributed by atoms with van der Waals surface area (Å²) in [6.07, 6.45) is 8.36. The molecule has 2 saturated carbocycles. The highest BCUT2D eigenvalue weighted by molar-refractivity contribution is 7.10. The molecular weight excluding hydrogens is 280 g/mol. The van der Waals surface area contributed by atoms with Crippen LogP contribution in [0.5, 0.6) is 0 Å². The third-order valence-electron chi connectivity index (χ3n) is 5.32. The van der Waals surface area contributed by atoms with E-state index in [9.17, 15) is 4.79 Å². The Balaban J connectivity index is 1.70. The maximum Gasteiger partial charge on any atom is 0.223 e. The van der Waals surface area contributed by atoms with Gasteiger partial charge in [-0.3, -0.25) is 4.79 Å². The summed E-state index contributed by atoms with van der Waals surface area (Å²) in [5, 5.41) is 5.50. The normalized spacial score (nSPS) is 27.9. The van der Waals surface area contributed by atoms with E-state index in [0.29, 0.717) is 18.4 Å². The van der Waals surface area contributed by atoms with Crippen LogP contribution in [0.4, 0.5) is 0 Å². The molecule has 0 spiro atoms. The molecule has 1 aromatic rings. The lowest BCUT2D eigenvalue weighted by Crippen LogP contribution is -2.39. The molecular formula is C17H26N2OS. The minimum atomic E-state index is 0.138. The van der Waals surface area contributed by atoms with Crippen LogP contribution >= 0.6 is 11.3 Å². The fraction of sp³-hybridized carbons (Fsp3) is 0.706. The Morgan fingerprint density at radius 3 is 2.76 bits per heavy atom. The molecule has 3 N–H and O–H groups in total. The predicted molar refractivity (Wildman–Crippen MR) is 87.0 cm³/mol. The van der Waals surface area contributed by atoms with Crippen molar-refractivity contribution >= 4 is 17.2 Å². The highest BCUT2D eigenvalue weighted by Gasteiger charge is 2.35. The van der Waals surface area contributed by atoms with E-state index in [0.717, 1.165) is 19.3 Å². The minimum absolute atomic E-state index is 0.138. The molecule has 3 rings (SSSR count). The molecule has 4 heteroatoms. The van der Waals surface area contributed by atoms with Crippen molar-refractivity contribution in [2.45, 2.75) is 51.0 Å². The Kier molecular flexibility index (Phi) is 4.96. The molecule has 0 bridgehead atoms. The third kappa shape index (κ3) is 3.32. The fourth-order valence-corrected chi connectivity index (χ4v) is 4.97. The SMILES string of the molecule is NCC1CCCC1C(=O)NC(c1cccs1)C1CCCC1. The summed E-state index contributed by atoms with van der Waals surface area (Å²) in [5.41, 5.74) is 5.83. The Morgan fingerprint density at radius 1 is 1.29 bits per heavy atom. The first-order valence-corrected chi connectivity index (χ1v) is 9.21. The van der Waals surface area contributed by atoms with E-state index < -0.39 is 0 Å². The summed E-state index contributed by atoms with van der Waals surface area (Å²) >= 11 is 1.77. The van der Waals surface area contributed by atoms with Gasteiger partial charge < -0.3 is 11.1 Å². The van der Waals surface area contributed by atoms with Gasteiger partial charge in [0.2, 0.25) is 5.91 Å². The molecule has 1 amide bonds.